The van der Waals surface area contributed by atoms with Crippen LogP contribution < -0.4 is 15.5 Å². The van der Waals surface area contributed by atoms with Crippen molar-refractivity contribution in [2.75, 3.05) is 25.0 Å². The van der Waals surface area contributed by atoms with Crippen LogP contribution in [-0.2, 0) is 4.79 Å². The highest BCUT2D eigenvalue weighted by molar-refractivity contribution is 5.96. The third-order valence-electron chi connectivity index (χ3n) is 4.80. The lowest BCUT2D eigenvalue weighted by Gasteiger charge is -2.32. The Bertz CT molecular complexity index is 694. The number of amides is 2. The molecule has 0 bridgehead atoms. The summed E-state index contributed by atoms with van der Waals surface area (Å²) >= 11 is 0. The van der Waals surface area contributed by atoms with Crippen LogP contribution in [0.25, 0.3) is 0 Å². The van der Waals surface area contributed by atoms with Gasteiger partial charge in [-0.15, -0.1) is 0 Å². The molecule has 2 N–H and O–H groups in total. The van der Waals surface area contributed by atoms with E-state index in [1.165, 1.54) is 6.07 Å². The number of nitrogens with one attached hydrogen (secondary N) is 2. The molecule has 1 aliphatic heterocycles. The zero-order valence-electron chi connectivity index (χ0n) is 14.2. The number of carbonyl (C=O) groups excluding carboxylic acids is 2. The Kier molecular flexibility index (Phi) is 4.87. The van der Waals surface area contributed by atoms with Crippen molar-refractivity contribution in [1.82, 2.24) is 10.6 Å². The lowest BCUT2D eigenvalue weighted by molar-refractivity contribution is -0.384. The second-order valence-corrected chi connectivity index (χ2v) is 6.58. The fourth-order valence-corrected chi connectivity index (χ4v) is 3.16. The van der Waals surface area contributed by atoms with Crippen molar-refractivity contribution < 1.29 is 14.5 Å². The van der Waals surface area contributed by atoms with Gasteiger partial charge >= 0.3 is 0 Å². The highest BCUT2D eigenvalue weighted by Crippen LogP contribution is 2.32. The molecule has 25 heavy (non-hydrogen) atoms. The first-order chi connectivity index (χ1) is 12.0. The lowest BCUT2D eigenvalue weighted by Crippen LogP contribution is -2.39. The van der Waals surface area contributed by atoms with Crippen molar-refractivity contribution >= 4 is 23.2 Å². The highest BCUT2D eigenvalue weighted by atomic mass is 16.6. The molecule has 0 radical (unpaired) electrons. The Morgan fingerprint density at radius 1 is 1.20 bits per heavy atom. The van der Waals surface area contributed by atoms with Crippen molar-refractivity contribution in [2.24, 2.45) is 5.92 Å². The number of rotatable bonds is 5. The lowest BCUT2D eigenvalue weighted by atomic mass is 9.95. The minimum Gasteiger partial charge on any atom is -0.366 e. The van der Waals surface area contributed by atoms with Crippen LogP contribution in [0.2, 0.25) is 0 Å². The summed E-state index contributed by atoms with van der Waals surface area (Å²) in [4.78, 5) is 36.8. The van der Waals surface area contributed by atoms with Crippen LogP contribution in [0.4, 0.5) is 11.4 Å². The maximum absolute atomic E-state index is 12.1. The summed E-state index contributed by atoms with van der Waals surface area (Å²) in [6.07, 6.45) is 3.24. The summed E-state index contributed by atoms with van der Waals surface area (Å²) in [5.74, 6) is -0.305. The molecule has 2 fully saturated rings. The molecule has 1 aromatic carbocycles. The summed E-state index contributed by atoms with van der Waals surface area (Å²) in [5.41, 5.74) is 0.743. The zero-order valence-corrected chi connectivity index (χ0v) is 14.2. The van der Waals surface area contributed by atoms with E-state index in [0.29, 0.717) is 37.2 Å². The number of nitro groups is 1. The van der Waals surface area contributed by atoms with Crippen molar-refractivity contribution in [1.29, 1.82) is 0 Å². The van der Waals surface area contributed by atoms with E-state index in [-0.39, 0.29) is 29.5 Å². The number of hydrogen-bond donors (Lipinski definition) is 2. The van der Waals surface area contributed by atoms with Gasteiger partial charge in [-0.25, -0.2) is 0 Å². The van der Waals surface area contributed by atoms with Crippen molar-refractivity contribution in [3.05, 3.63) is 33.9 Å². The van der Waals surface area contributed by atoms with Gasteiger partial charge in [0.05, 0.1) is 4.92 Å². The highest BCUT2D eigenvalue weighted by Gasteiger charge is 2.29. The summed E-state index contributed by atoms with van der Waals surface area (Å²) < 4.78 is 0. The first-order valence-corrected chi connectivity index (χ1v) is 8.55. The molecule has 1 saturated carbocycles. The molecular formula is C17H22N4O4. The van der Waals surface area contributed by atoms with Crippen LogP contribution in [0.15, 0.2) is 18.2 Å². The van der Waals surface area contributed by atoms with Gasteiger partial charge in [-0.2, -0.15) is 0 Å². The van der Waals surface area contributed by atoms with Gasteiger partial charge in [0.15, 0.2) is 0 Å². The molecule has 2 amide bonds. The molecule has 1 saturated heterocycles. The van der Waals surface area contributed by atoms with E-state index in [2.05, 4.69) is 10.6 Å². The average Bonchev–Trinajstić information content (AvgIpc) is 3.44. The number of benzene rings is 1. The number of nitro benzene ring substituents is 1. The fraction of sp³-hybridized carbons (Fsp3) is 0.529. The van der Waals surface area contributed by atoms with E-state index in [9.17, 15) is 19.7 Å². The van der Waals surface area contributed by atoms with Gasteiger partial charge in [-0.3, -0.25) is 19.7 Å². The number of piperidine rings is 1. The summed E-state index contributed by atoms with van der Waals surface area (Å²) in [6.45, 7) is 1.15. The minimum atomic E-state index is -0.450. The quantitative estimate of drug-likeness (QED) is 0.620. The first-order valence-electron chi connectivity index (χ1n) is 8.55. The second-order valence-electron chi connectivity index (χ2n) is 6.58. The molecule has 0 spiro atoms. The van der Waals surface area contributed by atoms with Crippen LogP contribution in [0.5, 0.6) is 0 Å². The Morgan fingerprint density at radius 2 is 1.88 bits per heavy atom. The van der Waals surface area contributed by atoms with E-state index in [0.717, 1.165) is 12.8 Å². The maximum atomic E-state index is 12.1. The SMILES string of the molecule is CNC(=O)C1CCN(c2ccc(C(=O)NC3CC3)cc2[N+](=O)[O-])CC1. The standard InChI is InChI=1S/C17H22N4O4/c1-18-16(22)11-6-8-20(9-7-11)14-5-2-12(10-15(14)21(24)25)17(23)19-13-3-4-13/h2,5,10-11,13H,3-4,6-9H2,1H3,(H,18,22)(H,19,23). The van der Waals surface area contributed by atoms with Gasteiger partial charge in [-0.05, 0) is 37.8 Å². The van der Waals surface area contributed by atoms with Gasteiger partial charge < -0.3 is 15.5 Å². The zero-order chi connectivity index (χ0) is 18.0. The second kappa shape index (κ2) is 7.08. The number of anilines is 1. The van der Waals surface area contributed by atoms with Crippen molar-refractivity contribution in [3.63, 3.8) is 0 Å². The van der Waals surface area contributed by atoms with Crippen molar-refractivity contribution in [2.45, 2.75) is 31.7 Å². The van der Waals surface area contributed by atoms with Gasteiger partial charge in [-0.1, -0.05) is 0 Å². The van der Waals surface area contributed by atoms with Gasteiger partial charge in [0.2, 0.25) is 5.91 Å². The van der Waals surface area contributed by atoms with Crippen LogP contribution in [0, 0.1) is 16.0 Å². The Hall–Kier alpha value is -2.64. The molecule has 0 atom stereocenters. The van der Waals surface area contributed by atoms with E-state index in [1.54, 1.807) is 19.2 Å². The molecule has 8 heteroatoms. The molecule has 134 valence electrons. The predicted octanol–water partition coefficient (Wildman–Crippen LogP) is 1.45. The Labute approximate surface area is 145 Å². The summed E-state index contributed by atoms with van der Waals surface area (Å²) in [5, 5.41) is 17.0. The van der Waals surface area contributed by atoms with E-state index in [1.807, 2.05) is 4.90 Å². The van der Waals surface area contributed by atoms with E-state index >= 15 is 0 Å². The molecule has 0 unspecified atom stereocenters. The van der Waals surface area contributed by atoms with E-state index in [4.69, 9.17) is 0 Å². The van der Waals surface area contributed by atoms with Crippen LogP contribution >= 0.6 is 0 Å². The predicted molar refractivity (Wildman–Crippen MR) is 92.6 cm³/mol. The monoisotopic (exact) mass is 346 g/mol. The van der Waals surface area contributed by atoms with Gasteiger partial charge in [0.1, 0.15) is 5.69 Å². The normalized spacial score (nSPS) is 17.9. The molecule has 0 aromatic heterocycles. The number of hydrogen-bond acceptors (Lipinski definition) is 5. The molecule has 8 nitrogen and oxygen atoms in total. The van der Waals surface area contributed by atoms with Crippen LogP contribution in [0.1, 0.15) is 36.0 Å². The van der Waals surface area contributed by atoms with E-state index < -0.39 is 4.92 Å². The number of nitrogens with zero attached hydrogens (tertiary/aromatic N) is 2. The molecule has 1 heterocycles. The minimum absolute atomic E-state index is 0.0150. The Morgan fingerprint density at radius 3 is 2.44 bits per heavy atom. The summed E-state index contributed by atoms with van der Waals surface area (Å²) in [6, 6.07) is 4.82. The average molecular weight is 346 g/mol. The van der Waals surface area contributed by atoms with Crippen LogP contribution in [-0.4, -0.2) is 42.9 Å². The van der Waals surface area contributed by atoms with Crippen LogP contribution in [0.3, 0.4) is 0 Å². The van der Waals surface area contributed by atoms with Crippen molar-refractivity contribution in [3.8, 4) is 0 Å². The topological polar surface area (TPSA) is 105 Å². The molecule has 3 rings (SSSR count). The molecular weight excluding hydrogens is 324 g/mol. The molecule has 2 aliphatic rings. The molecule has 1 aromatic rings. The Balaban J connectivity index is 1.75. The van der Waals surface area contributed by atoms with Gasteiger partial charge in [0, 0.05) is 43.7 Å². The molecule has 1 aliphatic carbocycles. The maximum Gasteiger partial charge on any atom is 0.293 e. The summed E-state index contributed by atoms with van der Waals surface area (Å²) in [7, 11) is 1.62. The first kappa shape index (κ1) is 17.2. The smallest absolute Gasteiger partial charge is 0.293 e. The number of carbonyl (C=O) groups is 2. The largest absolute Gasteiger partial charge is 0.366 e. The fourth-order valence-electron chi connectivity index (χ4n) is 3.16. The third kappa shape index (κ3) is 3.89. The third-order valence-corrected chi connectivity index (χ3v) is 4.80. The van der Waals surface area contributed by atoms with Gasteiger partial charge in [0.25, 0.3) is 11.6 Å².